The topological polar surface area (TPSA) is 55.8 Å². The van der Waals surface area contributed by atoms with Crippen molar-refractivity contribution in [2.45, 2.75) is 39.2 Å². The molecule has 2 aromatic rings. The number of para-hydroxylation sites is 1. The van der Waals surface area contributed by atoms with Crippen LogP contribution in [0.25, 0.3) is 0 Å². The standard InChI is InChI=1S/C23H36N6S/c1-19(2)21-18-30-22(27-21)17-26-23(24-3)25-11-7-8-12-28-13-15-29(16-14-28)20-9-5-4-6-10-20/h4-6,9-10,18-19H,7-8,11-17H2,1-3H3,(H2,24,25,26). The van der Waals surface area contributed by atoms with Gasteiger partial charge in [-0.2, -0.15) is 0 Å². The third kappa shape index (κ3) is 6.99. The summed E-state index contributed by atoms with van der Waals surface area (Å²) in [5.74, 6) is 1.33. The summed E-state index contributed by atoms with van der Waals surface area (Å²) in [4.78, 5) is 14.1. The average molecular weight is 429 g/mol. The van der Waals surface area contributed by atoms with E-state index in [9.17, 15) is 0 Å². The Bertz CT molecular complexity index is 765. The van der Waals surface area contributed by atoms with Crippen molar-refractivity contribution in [1.29, 1.82) is 0 Å². The number of hydrogen-bond donors (Lipinski definition) is 2. The van der Waals surface area contributed by atoms with Crippen LogP contribution >= 0.6 is 11.3 Å². The summed E-state index contributed by atoms with van der Waals surface area (Å²) >= 11 is 1.71. The number of guanidine groups is 1. The highest BCUT2D eigenvalue weighted by Gasteiger charge is 2.16. The van der Waals surface area contributed by atoms with E-state index >= 15 is 0 Å². The number of nitrogens with one attached hydrogen (secondary N) is 2. The minimum Gasteiger partial charge on any atom is -0.369 e. The predicted molar refractivity (Wildman–Crippen MR) is 129 cm³/mol. The molecular formula is C23H36N6S. The lowest BCUT2D eigenvalue weighted by Crippen LogP contribution is -2.46. The van der Waals surface area contributed by atoms with E-state index in [0.717, 1.165) is 56.7 Å². The normalized spacial score (nSPS) is 15.6. The van der Waals surface area contributed by atoms with Gasteiger partial charge in [-0.1, -0.05) is 32.0 Å². The summed E-state index contributed by atoms with van der Waals surface area (Å²) in [7, 11) is 1.82. The molecule has 30 heavy (non-hydrogen) atoms. The molecule has 1 aromatic carbocycles. The first-order valence-corrected chi connectivity index (χ1v) is 11.9. The van der Waals surface area contributed by atoms with Crippen molar-refractivity contribution in [3.63, 3.8) is 0 Å². The Morgan fingerprint density at radius 3 is 2.53 bits per heavy atom. The molecule has 0 unspecified atom stereocenters. The molecule has 0 amide bonds. The summed E-state index contributed by atoms with van der Waals surface area (Å²) < 4.78 is 0. The number of piperazine rings is 1. The third-order valence-corrected chi connectivity index (χ3v) is 6.35. The fraction of sp³-hybridized carbons (Fsp3) is 0.565. The van der Waals surface area contributed by atoms with Gasteiger partial charge in [0.2, 0.25) is 0 Å². The molecule has 2 N–H and O–H groups in total. The van der Waals surface area contributed by atoms with Crippen LogP contribution < -0.4 is 15.5 Å². The molecular weight excluding hydrogens is 392 g/mol. The van der Waals surface area contributed by atoms with E-state index in [1.807, 2.05) is 7.05 Å². The van der Waals surface area contributed by atoms with Crippen molar-refractivity contribution in [1.82, 2.24) is 20.5 Å². The zero-order valence-electron chi connectivity index (χ0n) is 18.6. The Balaban J connectivity index is 1.26. The fourth-order valence-corrected chi connectivity index (χ4v) is 4.48. The van der Waals surface area contributed by atoms with Crippen LogP contribution in [0.1, 0.15) is 43.3 Å². The van der Waals surface area contributed by atoms with E-state index in [1.54, 1.807) is 11.3 Å². The van der Waals surface area contributed by atoms with Gasteiger partial charge in [0.05, 0.1) is 12.2 Å². The van der Waals surface area contributed by atoms with Gasteiger partial charge in [0.1, 0.15) is 5.01 Å². The summed E-state index contributed by atoms with van der Waals surface area (Å²) in [5.41, 5.74) is 2.52. The maximum Gasteiger partial charge on any atom is 0.191 e. The van der Waals surface area contributed by atoms with Crippen molar-refractivity contribution in [3.8, 4) is 0 Å². The van der Waals surface area contributed by atoms with Gasteiger partial charge in [-0.25, -0.2) is 4.98 Å². The molecule has 1 aromatic heterocycles. The van der Waals surface area contributed by atoms with E-state index in [1.165, 1.54) is 24.3 Å². The number of hydrogen-bond acceptors (Lipinski definition) is 5. The molecule has 0 atom stereocenters. The molecule has 1 aliphatic rings. The zero-order chi connectivity index (χ0) is 21.2. The molecule has 3 rings (SSSR count). The molecule has 0 bridgehead atoms. The Hall–Kier alpha value is -2.12. The summed E-state index contributed by atoms with van der Waals surface area (Å²) in [5, 5.41) is 10.1. The first-order chi connectivity index (χ1) is 14.7. The van der Waals surface area contributed by atoms with Crippen LogP contribution in [-0.2, 0) is 6.54 Å². The van der Waals surface area contributed by atoms with Crippen molar-refractivity contribution in [2.24, 2.45) is 4.99 Å². The molecule has 0 spiro atoms. The molecule has 0 radical (unpaired) electrons. The van der Waals surface area contributed by atoms with Crippen molar-refractivity contribution < 1.29 is 0 Å². The first kappa shape index (κ1) is 22.6. The lowest BCUT2D eigenvalue weighted by atomic mass is 10.2. The number of nitrogens with zero attached hydrogens (tertiary/aromatic N) is 4. The molecule has 1 aliphatic heterocycles. The summed E-state index contributed by atoms with van der Waals surface area (Å²) in [6, 6.07) is 10.7. The maximum atomic E-state index is 4.67. The highest BCUT2D eigenvalue weighted by Crippen LogP contribution is 2.17. The minimum absolute atomic E-state index is 0.480. The number of unbranched alkanes of at least 4 members (excludes halogenated alkanes) is 1. The van der Waals surface area contributed by atoms with Gasteiger partial charge >= 0.3 is 0 Å². The predicted octanol–water partition coefficient (Wildman–Crippen LogP) is 3.53. The van der Waals surface area contributed by atoms with Gasteiger partial charge < -0.3 is 15.5 Å². The van der Waals surface area contributed by atoms with Crippen LogP contribution in [0.5, 0.6) is 0 Å². The second-order valence-electron chi connectivity index (χ2n) is 8.04. The smallest absolute Gasteiger partial charge is 0.191 e. The van der Waals surface area contributed by atoms with E-state index in [0.29, 0.717) is 5.92 Å². The summed E-state index contributed by atoms with van der Waals surface area (Å²) in [6.45, 7) is 11.7. The number of rotatable bonds is 9. The van der Waals surface area contributed by atoms with Gasteiger partial charge in [0.15, 0.2) is 5.96 Å². The highest BCUT2D eigenvalue weighted by molar-refractivity contribution is 7.09. The Morgan fingerprint density at radius 1 is 1.10 bits per heavy atom. The van der Waals surface area contributed by atoms with Crippen LogP contribution in [-0.4, -0.2) is 62.2 Å². The summed E-state index contributed by atoms with van der Waals surface area (Å²) in [6.07, 6.45) is 2.36. The molecule has 164 valence electrons. The van der Waals surface area contributed by atoms with E-state index < -0.39 is 0 Å². The van der Waals surface area contributed by atoms with Crippen molar-refractivity contribution in [3.05, 3.63) is 46.4 Å². The number of aliphatic imine (C=N–C) groups is 1. The second kappa shape index (κ2) is 11.9. The lowest BCUT2D eigenvalue weighted by molar-refractivity contribution is 0.253. The Labute approximate surface area is 185 Å². The molecule has 6 nitrogen and oxygen atoms in total. The fourth-order valence-electron chi connectivity index (χ4n) is 3.59. The van der Waals surface area contributed by atoms with Crippen molar-refractivity contribution in [2.75, 3.05) is 51.2 Å². The van der Waals surface area contributed by atoms with Gasteiger partial charge in [0.25, 0.3) is 0 Å². The number of aromatic nitrogens is 1. The minimum atomic E-state index is 0.480. The number of benzene rings is 1. The lowest BCUT2D eigenvalue weighted by Gasteiger charge is -2.36. The van der Waals surface area contributed by atoms with E-state index in [4.69, 9.17) is 0 Å². The average Bonchev–Trinajstić information content (AvgIpc) is 3.26. The molecule has 2 heterocycles. The highest BCUT2D eigenvalue weighted by atomic mass is 32.1. The van der Waals surface area contributed by atoms with Crippen LogP contribution in [0.3, 0.4) is 0 Å². The zero-order valence-corrected chi connectivity index (χ0v) is 19.4. The number of thiazole rings is 1. The molecule has 1 saturated heterocycles. The quantitative estimate of drug-likeness (QED) is 0.364. The van der Waals surface area contributed by atoms with Gasteiger partial charge in [-0.05, 0) is 37.4 Å². The third-order valence-electron chi connectivity index (χ3n) is 5.48. The van der Waals surface area contributed by atoms with E-state index in [-0.39, 0.29) is 0 Å². The van der Waals surface area contributed by atoms with Crippen molar-refractivity contribution >= 4 is 23.0 Å². The van der Waals surface area contributed by atoms with Crippen LogP contribution in [0.2, 0.25) is 0 Å². The van der Waals surface area contributed by atoms with Gasteiger partial charge in [-0.3, -0.25) is 9.89 Å². The largest absolute Gasteiger partial charge is 0.369 e. The van der Waals surface area contributed by atoms with Gasteiger partial charge in [0, 0.05) is 50.8 Å². The number of anilines is 1. The molecule has 1 fully saturated rings. The first-order valence-electron chi connectivity index (χ1n) is 11.1. The molecule has 0 aliphatic carbocycles. The molecule has 7 heteroatoms. The monoisotopic (exact) mass is 428 g/mol. The van der Waals surface area contributed by atoms with E-state index in [2.05, 4.69) is 80.0 Å². The second-order valence-corrected chi connectivity index (χ2v) is 8.99. The Morgan fingerprint density at radius 2 is 1.87 bits per heavy atom. The van der Waals surface area contributed by atoms with Gasteiger partial charge in [-0.15, -0.1) is 11.3 Å². The molecule has 0 saturated carbocycles. The SMILES string of the molecule is CN=C(NCCCCN1CCN(c2ccccc2)CC1)NCc1nc(C(C)C)cs1. The van der Waals surface area contributed by atoms with Crippen LogP contribution in [0.15, 0.2) is 40.7 Å². The Kier molecular flexibility index (Phi) is 8.96. The van der Waals surface area contributed by atoms with Crippen LogP contribution in [0.4, 0.5) is 5.69 Å². The maximum absolute atomic E-state index is 4.67. The van der Waals surface area contributed by atoms with Crippen LogP contribution in [0, 0.1) is 0 Å².